The van der Waals surface area contributed by atoms with E-state index in [1.165, 1.54) is 0 Å². The number of benzene rings is 1. The third kappa shape index (κ3) is 2.83. The minimum absolute atomic E-state index is 0.198. The van der Waals surface area contributed by atoms with Crippen LogP contribution in [-0.2, 0) is 0 Å². The zero-order chi connectivity index (χ0) is 11.4. The van der Waals surface area contributed by atoms with Crippen LogP contribution < -0.4 is 5.73 Å². The molecule has 15 heavy (non-hydrogen) atoms. The van der Waals surface area contributed by atoms with E-state index >= 15 is 0 Å². The highest BCUT2D eigenvalue weighted by Gasteiger charge is 2.18. The second-order valence-electron chi connectivity index (χ2n) is 3.47. The van der Waals surface area contributed by atoms with Gasteiger partial charge in [0, 0.05) is 5.92 Å². The molecule has 0 aromatic heterocycles. The maximum absolute atomic E-state index is 13.2. The number of rotatable bonds is 4. The molecule has 1 unspecified atom stereocenters. The van der Waals surface area contributed by atoms with E-state index < -0.39 is 17.4 Å². The summed E-state index contributed by atoms with van der Waals surface area (Å²) >= 11 is 0. The van der Waals surface area contributed by atoms with Crippen LogP contribution in [0.5, 0.6) is 0 Å². The molecule has 2 N–H and O–H groups in total. The van der Waals surface area contributed by atoms with Crippen molar-refractivity contribution in [3.8, 4) is 0 Å². The lowest BCUT2D eigenvalue weighted by Crippen LogP contribution is -2.17. The number of hydrogen-bond donors (Lipinski definition) is 1. The molecule has 0 radical (unpaired) electrons. The maximum atomic E-state index is 13.2. The van der Waals surface area contributed by atoms with Crippen molar-refractivity contribution >= 4 is 5.78 Å². The lowest BCUT2D eigenvalue weighted by molar-refractivity contribution is 0.0921. The molecule has 0 aliphatic carbocycles. The molecule has 0 aliphatic heterocycles. The van der Waals surface area contributed by atoms with E-state index in [4.69, 9.17) is 5.73 Å². The molecule has 4 heteroatoms. The summed E-state index contributed by atoms with van der Waals surface area (Å²) in [6.45, 7) is 2.00. The predicted molar refractivity (Wildman–Crippen MR) is 53.5 cm³/mol. The Morgan fingerprint density at radius 2 is 2.13 bits per heavy atom. The summed E-state index contributed by atoms with van der Waals surface area (Å²) in [5.41, 5.74) is 5.10. The second kappa shape index (κ2) is 4.98. The third-order valence-electron chi connectivity index (χ3n) is 2.24. The fraction of sp³-hybridized carbons (Fsp3) is 0.364. The van der Waals surface area contributed by atoms with Gasteiger partial charge in [-0.3, -0.25) is 4.79 Å². The zero-order valence-corrected chi connectivity index (χ0v) is 8.47. The first kappa shape index (κ1) is 11.8. The fourth-order valence-electron chi connectivity index (χ4n) is 1.33. The number of ketones is 1. The van der Waals surface area contributed by atoms with Gasteiger partial charge < -0.3 is 5.73 Å². The van der Waals surface area contributed by atoms with Gasteiger partial charge >= 0.3 is 0 Å². The van der Waals surface area contributed by atoms with Gasteiger partial charge in [0.2, 0.25) is 0 Å². The monoisotopic (exact) mass is 213 g/mol. The van der Waals surface area contributed by atoms with Gasteiger partial charge in [0.15, 0.2) is 5.78 Å². The molecule has 1 aromatic rings. The van der Waals surface area contributed by atoms with Gasteiger partial charge in [-0.25, -0.2) is 8.78 Å². The number of carbonyl (C=O) groups is 1. The molecule has 0 spiro atoms. The molecule has 0 heterocycles. The van der Waals surface area contributed by atoms with Crippen molar-refractivity contribution in [3.63, 3.8) is 0 Å². The molecule has 0 aliphatic rings. The molecule has 1 rings (SSSR count). The summed E-state index contributed by atoms with van der Waals surface area (Å²) in [5.74, 6) is -2.09. The van der Waals surface area contributed by atoms with Crippen LogP contribution in [0, 0.1) is 17.6 Å². The van der Waals surface area contributed by atoms with E-state index in [2.05, 4.69) is 0 Å². The highest BCUT2D eigenvalue weighted by atomic mass is 19.1. The molecule has 2 nitrogen and oxygen atoms in total. The average molecular weight is 213 g/mol. The summed E-state index contributed by atoms with van der Waals surface area (Å²) in [6, 6.07) is 2.86. The van der Waals surface area contributed by atoms with Crippen molar-refractivity contribution in [3.05, 3.63) is 35.4 Å². The van der Waals surface area contributed by atoms with Crippen molar-refractivity contribution in [1.29, 1.82) is 0 Å². The lowest BCUT2D eigenvalue weighted by Gasteiger charge is -2.09. The van der Waals surface area contributed by atoms with E-state index in [1.54, 1.807) is 6.92 Å². The first-order valence-corrected chi connectivity index (χ1v) is 4.75. The van der Waals surface area contributed by atoms with Crippen LogP contribution >= 0.6 is 0 Å². The van der Waals surface area contributed by atoms with Crippen LogP contribution in [0.1, 0.15) is 23.7 Å². The van der Waals surface area contributed by atoms with Crippen molar-refractivity contribution in [2.45, 2.75) is 13.3 Å². The first-order valence-electron chi connectivity index (χ1n) is 4.75. The topological polar surface area (TPSA) is 43.1 Å². The van der Waals surface area contributed by atoms with E-state index in [1.807, 2.05) is 0 Å². The molecule has 0 saturated carbocycles. The largest absolute Gasteiger partial charge is 0.330 e. The number of halogens is 2. The fourth-order valence-corrected chi connectivity index (χ4v) is 1.33. The van der Waals surface area contributed by atoms with Gasteiger partial charge in [0.1, 0.15) is 11.6 Å². The molecule has 0 amide bonds. The molecular weight excluding hydrogens is 200 g/mol. The molecule has 0 fully saturated rings. The van der Waals surface area contributed by atoms with E-state index in [0.29, 0.717) is 13.0 Å². The Kier molecular flexibility index (Phi) is 3.91. The van der Waals surface area contributed by atoms with Gasteiger partial charge in [-0.15, -0.1) is 0 Å². The number of hydrogen-bond acceptors (Lipinski definition) is 2. The quantitative estimate of drug-likeness (QED) is 0.778. The SMILES string of the molecule is CC(CCN)C(=O)c1cc(F)ccc1F. The third-order valence-corrected chi connectivity index (χ3v) is 2.24. The van der Waals surface area contributed by atoms with Crippen LogP contribution in [0.2, 0.25) is 0 Å². The van der Waals surface area contributed by atoms with Gasteiger partial charge in [-0.05, 0) is 31.2 Å². The normalized spacial score (nSPS) is 12.5. The summed E-state index contributed by atoms with van der Waals surface area (Å²) in [6.07, 6.45) is 0.467. The van der Waals surface area contributed by atoms with Gasteiger partial charge in [0.05, 0.1) is 5.56 Å². The minimum atomic E-state index is -0.690. The summed E-state index contributed by atoms with van der Waals surface area (Å²) in [4.78, 5) is 11.6. The van der Waals surface area contributed by atoms with Crippen LogP contribution in [0.15, 0.2) is 18.2 Å². The molecular formula is C11H13F2NO. The lowest BCUT2D eigenvalue weighted by atomic mass is 9.96. The summed E-state index contributed by atoms with van der Waals surface area (Å²) in [7, 11) is 0. The highest BCUT2D eigenvalue weighted by Crippen LogP contribution is 2.16. The van der Waals surface area contributed by atoms with Crippen LogP contribution in [0.3, 0.4) is 0 Å². The van der Waals surface area contributed by atoms with Crippen molar-refractivity contribution in [1.82, 2.24) is 0 Å². The number of carbonyl (C=O) groups excluding carboxylic acids is 1. The molecule has 1 aromatic carbocycles. The van der Waals surface area contributed by atoms with E-state index in [-0.39, 0.29) is 11.5 Å². The first-order chi connectivity index (χ1) is 7.06. The summed E-state index contributed by atoms with van der Waals surface area (Å²) in [5, 5.41) is 0. The Morgan fingerprint density at radius 3 is 2.73 bits per heavy atom. The maximum Gasteiger partial charge on any atom is 0.168 e. The molecule has 82 valence electrons. The van der Waals surface area contributed by atoms with Crippen LogP contribution in [0.25, 0.3) is 0 Å². The Hall–Kier alpha value is -1.29. The Bertz CT molecular complexity index is 366. The van der Waals surface area contributed by atoms with Crippen molar-refractivity contribution in [2.24, 2.45) is 11.7 Å². The minimum Gasteiger partial charge on any atom is -0.330 e. The molecule has 0 saturated heterocycles. The molecule has 0 bridgehead atoms. The number of Topliss-reactive ketones (excluding diaryl/α,β-unsaturated/α-hetero) is 1. The Morgan fingerprint density at radius 1 is 1.47 bits per heavy atom. The van der Waals surface area contributed by atoms with Crippen LogP contribution in [-0.4, -0.2) is 12.3 Å². The Balaban J connectivity index is 2.95. The number of nitrogens with two attached hydrogens (primary N) is 1. The van der Waals surface area contributed by atoms with Gasteiger partial charge in [-0.2, -0.15) is 0 Å². The summed E-state index contributed by atoms with van der Waals surface area (Å²) < 4.78 is 26.0. The van der Waals surface area contributed by atoms with Crippen molar-refractivity contribution < 1.29 is 13.6 Å². The smallest absolute Gasteiger partial charge is 0.168 e. The van der Waals surface area contributed by atoms with Crippen molar-refractivity contribution in [2.75, 3.05) is 6.54 Å². The second-order valence-corrected chi connectivity index (χ2v) is 3.47. The predicted octanol–water partition coefficient (Wildman–Crippen LogP) is 2.13. The highest BCUT2D eigenvalue weighted by molar-refractivity contribution is 5.97. The Labute approximate surface area is 87.1 Å². The molecule has 1 atom stereocenters. The average Bonchev–Trinajstić information content (AvgIpc) is 2.21. The zero-order valence-electron chi connectivity index (χ0n) is 8.47. The van der Waals surface area contributed by atoms with Gasteiger partial charge in [0.25, 0.3) is 0 Å². The van der Waals surface area contributed by atoms with E-state index in [9.17, 15) is 13.6 Å². The van der Waals surface area contributed by atoms with Crippen LogP contribution in [0.4, 0.5) is 8.78 Å². The standard InChI is InChI=1S/C11H13F2NO/c1-7(4-5-14)11(15)9-6-8(12)2-3-10(9)13/h2-3,6-7H,4-5,14H2,1H3. The van der Waals surface area contributed by atoms with E-state index in [0.717, 1.165) is 18.2 Å². The van der Waals surface area contributed by atoms with Gasteiger partial charge in [-0.1, -0.05) is 6.92 Å².